The molecule has 1 aliphatic heterocycles. The van der Waals surface area contributed by atoms with Crippen molar-refractivity contribution in [1.82, 2.24) is 10.9 Å². The smallest absolute Gasteiger partial charge is 0.312 e. The number of benzene rings is 1. The molecule has 0 saturated heterocycles. The number of rotatable bonds is 2. The Hall–Kier alpha value is -1.51. The van der Waals surface area contributed by atoms with Gasteiger partial charge >= 0.3 is 6.30 Å². The lowest BCUT2D eigenvalue weighted by Gasteiger charge is -2.22. The Morgan fingerprint density at radius 3 is 2.50 bits per heavy atom. The van der Waals surface area contributed by atoms with Gasteiger partial charge in [0.2, 0.25) is 5.96 Å². The third-order valence-electron chi connectivity index (χ3n) is 2.24. The fourth-order valence-corrected chi connectivity index (χ4v) is 1.65. The number of nitrogens with zero attached hydrogens (tertiary/aromatic N) is 3. The monoisotopic (exact) mass is 325 g/mol. The van der Waals surface area contributed by atoms with Gasteiger partial charge in [-0.3, -0.25) is 5.43 Å². The second-order valence-corrected chi connectivity index (χ2v) is 4.50. The quantitative estimate of drug-likeness (QED) is 0.649. The van der Waals surface area contributed by atoms with E-state index in [1.807, 2.05) is 5.43 Å². The molecule has 0 spiro atoms. The minimum Gasteiger partial charge on any atom is -0.312 e. The van der Waals surface area contributed by atoms with E-state index in [-0.39, 0.29) is 12.6 Å². The van der Waals surface area contributed by atoms with Gasteiger partial charge in [0.05, 0.1) is 10.0 Å². The molecule has 0 fully saturated rings. The Bertz CT molecular complexity index is 558. The van der Waals surface area contributed by atoms with E-state index < -0.39 is 6.30 Å². The van der Waals surface area contributed by atoms with Crippen molar-refractivity contribution in [3.05, 3.63) is 28.2 Å². The summed E-state index contributed by atoms with van der Waals surface area (Å²) in [5.74, 6) is -0.168. The Labute approximate surface area is 122 Å². The number of alkyl halides is 3. The molecule has 108 valence electrons. The van der Waals surface area contributed by atoms with Crippen molar-refractivity contribution in [3.8, 4) is 0 Å². The van der Waals surface area contributed by atoms with E-state index in [2.05, 4.69) is 9.98 Å². The summed E-state index contributed by atoms with van der Waals surface area (Å²) >= 11 is 11.7. The van der Waals surface area contributed by atoms with E-state index >= 15 is 0 Å². The molecule has 0 amide bonds. The highest BCUT2D eigenvalue weighted by Gasteiger charge is 2.27. The van der Waals surface area contributed by atoms with Gasteiger partial charge in [0.25, 0.3) is 0 Å². The second-order valence-electron chi connectivity index (χ2n) is 3.68. The number of guanidine groups is 1. The summed E-state index contributed by atoms with van der Waals surface area (Å²) < 4.78 is 35.7. The third-order valence-corrected chi connectivity index (χ3v) is 2.98. The summed E-state index contributed by atoms with van der Waals surface area (Å²) in [4.78, 5) is 9.18. The Balaban J connectivity index is 1.98. The van der Waals surface area contributed by atoms with Crippen LogP contribution in [0.25, 0.3) is 0 Å². The lowest BCUT2D eigenvalue weighted by molar-refractivity contribution is -0.162. The topological polar surface area (TPSA) is 52.0 Å². The standard InChI is InChI=1S/C10H8Cl2F3N5/c11-7-2-1-6(3-8(7)12)20-4-16-9(17-5-20)18-19-10(13,14)15/h1-4,19H,5H2,(H,17,18). The maximum atomic E-state index is 11.9. The highest BCUT2D eigenvalue weighted by Crippen LogP contribution is 2.27. The van der Waals surface area contributed by atoms with Crippen molar-refractivity contribution in [1.29, 1.82) is 0 Å². The van der Waals surface area contributed by atoms with Crippen molar-refractivity contribution in [2.24, 2.45) is 9.98 Å². The van der Waals surface area contributed by atoms with E-state index in [1.165, 1.54) is 6.34 Å². The van der Waals surface area contributed by atoms with Crippen LogP contribution in [-0.2, 0) is 0 Å². The third kappa shape index (κ3) is 3.99. The molecule has 0 unspecified atom stereocenters. The molecule has 5 nitrogen and oxygen atoms in total. The van der Waals surface area contributed by atoms with E-state index in [4.69, 9.17) is 23.2 Å². The zero-order valence-electron chi connectivity index (χ0n) is 9.75. The van der Waals surface area contributed by atoms with Gasteiger partial charge in [0.1, 0.15) is 13.0 Å². The van der Waals surface area contributed by atoms with Crippen LogP contribution < -0.4 is 15.8 Å². The van der Waals surface area contributed by atoms with Gasteiger partial charge in [-0.25, -0.2) is 9.98 Å². The van der Waals surface area contributed by atoms with E-state index in [1.54, 1.807) is 23.1 Å². The molecule has 1 heterocycles. The predicted octanol–water partition coefficient (Wildman–Crippen LogP) is 2.77. The minimum absolute atomic E-state index is 0.101. The maximum Gasteiger partial charge on any atom is 0.474 e. The Kier molecular flexibility index (Phi) is 4.36. The molecule has 1 aromatic carbocycles. The fourth-order valence-electron chi connectivity index (χ4n) is 1.36. The fraction of sp³-hybridized carbons (Fsp3) is 0.200. The molecule has 0 aliphatic carbocycles. The summed E-state index contributed by atoms with van der Waals surface area (Å²) in [5.41, 5.74) is 3.64. The summed E-state index contributed by atoms with van der Waals surface area (Å²) in [6, 6.07) is 4.91. The van der Waals surface area contributed by atoms with Crippen LogP contribution in [0.2, 0.25) is 10.0 Å². The molecule has 0 aromatic heterocycles. The van der Waals surface area contributed by atoms with Crippen LogP contribution in [0.15, 0.2) is 28.2 Å². The lowest BCUT2D eigenvalue weighted by atomic mass is 10.3. The zero-order chi connectivity index (χ0) is 14.8. The molecule has 20 heavy (non-hydrogen) atoms. The van der Waals surface area contributed by atoms with Gasteiger partial charge in [-0.1, -0.05) is 23.2 Å². The number of hydrogen-bond donors (Lipinski definition) is 2. The molecule has 0 saturated carbocycles. The summed E-state index contributed by atoms with van der Waals surface area (Å²) in [6.07, 6.45) is -3.22. The first-order valence-corrected chi connectivity index (χ1v) is 6.01. The molecular weight excluding hydrogens is 318 g/mol. The number of aliphatic imine (C=N–C) groups is 2. The van der Waals surface area contributed by atoms with Gasteiger partial charge in [-0.05, 0) is 18.2 Å². The average Bonchev–Trinajstić information content (AvgIpc) is 2.39. The van der Waals surface area contributed by atoms with Crippen molar-refractivity contribution >= 4 is 41.2 Å². The van der Waals surface area contributed by atoms with Crippen LogP contribution in [0.3, 0.4) is 0 Å². The highest BCUT2D eigenvalue weighted by molar-refractivity contribution is 6.42. The van der Waals surface area contributed by atoms with Crippen LogP contribution in [0, 0.1) is 0 Å². The molecule has 0 radical (unpaired) electrons. The predicted molar refractivity (Wildman–Crippen MR) is 72.1 cm³/mol. The molecule has 0 atom stereocenters. The van der Waals surface area contributed by atoms with Gasteiger partial charge in [0.15, 0.2) is 0 Å². The Morgan fingerprint density at radius 2 is 1.95 bits per heavy atom. The van der Waals surface area contributed by atoms with Crippen molar-refractivity contribution in [3.63, 3.8) is 0 Å². The minimum atomic E-state index is -4.56. The number of halogens is 5. The van der Waals surface area contributed by atoms with Gasteiger partial charge in [-0.15, -0.1) is 5.43 Å². The average molecular weight is 326 g/mol. The first-order chi connectivity index (χ1) is 9.35. The van der Waals surface area contributed by atoms with Gasteiger partial charge in [0, 0.05) is 5.69 Å². The summed E-state index contributed by atoms with van der Waals surface area (Å²) in [5, 5.41) is 0.772. The summed E-state index contributed by atoms with van der Waals surface area (Å²) in [7, 11) is 0. The van der Waals surface area contributed by atoms with Crippen molar-refractivity contribution in [2.45, 2.75) is 6.30 Å². The van der Waals surface area contributed by atoms with Crippen LogP contribution in [0.5, 0.6) is 0 Å². The van der Waals surface area contributed by atoms with Gasteiger partial charge < -0.3 is 4.90 Å². The van der Waals surface area contributed by atoms with E-state index in [0.717, 1.165) is 5.43 Å². The van der Waals surface area contributed by atoms with Gasteiger partial charge in [-0.2, -0.15) is 13.2 Å². The van der Waals surface area contributed by atoms with Crippen molar-refractivity contribution < 1.29 is 13.2 Å². The molecule has 1 aromatic rings. The van der Waals surface area contributed by atoms with Crippen LogP contribution in [0.1, 0.15) is 0 Å². The molecule has 10 heteroatoms. The normalized spacial score (nSPS) is 15.2. The molecule has 1 aliphatic rings. The lowest BCUT2D eigenvalue weighted by Crippen LogP contribution is -2.47. The van der Waals surface area contributed by atoms with Crippen molar-refractivity contribution in [2.75, 3.05) is 11.6 Å². The number of hydrogen-bond acceptors (Lipinski definition) is 5. The maximum absolute atomic E-state index is 11.9. The second kappa shape index (κ2) is 5.86. The number of anilines is 1. The molecular formula is C10H8Cl2F3N5. The molecule has 2 N–H and O–H groups in total. The van der Waals surface area contributed by atoms with E-state index in [0.29, 0.717) is 15.7 Å². The first kappa shape index (κ1) is 14.9. The molecule has 0 bridgehead atoms. The summed E-state index contributed by atoms with van der Waals surface area (Å²) in [6.45, 7) is 0.101. The first-order valence-electron chi connectivity index (χ1n) is 5.25. The Morgan fingerprint density at radius 1 is 1.20 bits per heavy atom. The van der Waals surface area contributed by atoms with Crippen LogP contribution in [0.4, 0.5) is 18.9 Å². The molecule has 2 rings (SSSR count). The largest absolute Gasteiger partial charge is 0.474 e. The van der Waals surface area contributed by atoms with Crippen LogP contribution in [-0.4, -0.2) is 25.3 Å². The van der Waals surface area contributed by atoms with Crippen LogP contribution >= 0.6 is 23.2 Å². The number of nitrogens with one attached hydrogen (secondary N) is 2. The zero-order valence-corrected chi connectivity index (χ0v) is 11.3. The SMILES string of the molecule is FC(F)(F)NNC1=NCN(c2ccc(Cl)c(Cl)c2)C=N1. The van der Waals surface area contributed by atoms with E-state index in [9.17, 15) is 13.2 Å². The highest BCUT2D eigenvalue weighted by atomic mass is 35.5. The number of hydrazine groups is 1.